The first-order chi connectivity index (χ1) is 12.4. The highest BCUT2D eigenvalue weighted by atomic mass is 127. The van der Waals surface area contributed by atoms with Crippen molar-refractivity contribution < 1.29 is 0 Å². The third kappa shape index (κ3) is 8.35. The molecule has 1 aliphatic carbocycles. The van der Waals surface area contributed by atoms with Gasteiger partial charge < -0.3 is 15.2 Å². The molecular formula is C20H39IN6. The molecule has 6 nitrogen and oxygen atoms in total. The third-order valence-electron chi connectivity index (χ3n) is 5.45. The second-order valence-corrected chi connectivity index (χ2v) is 8.49. The highest BCUT2D eigenvalue weighted by Crippen LogP contribution is 2.23. The first-order valence-corrected chi connectivity index (χ1v) is 10.3. The van der Waals surface area contributed by atoms with Crippen molar-refractivity contribution >= 4 is 29.9 Å². The van der Waals surface area contributed by atoms with Crippen molar-refractivity contribution in [3.05, 3.63) is 11.6 Å². The van der Waals surface area contributed by atoms with E-state index < -0.39 is 0 Å². The number of guanidine groups is 1. The van der Waals surface area contributed by atoms with Crippen molar-refractivity contribution in [2.24, 2.45) is 17.5 Å². The fourth-order valence-electron chi connectivity index (χ4n) is 3.42. The molecule has 0 saturated heterocycles. The van der Waals surface area contributed by atoms with E-state index in [1.165, 1.54) is 51.4 Å². The molecule has 0 radical (unpaired) electrons. The van der Waals surface area contributed by atoms with E-state index in [1.807, 2.05) is 18.5 Å². The number of nitrogens with one attached hydrogen (secondary N) is 2. The number of rotatable bonds is 9. The Morgan fingerprint density at radius 2 is 1.93 bits per heavy atom. The van der Waals surface area contributed by atoms with E-state index in [4.69, 9.17) is 4.99 Å². The number of hydrogen-bond donors (Lipinski definition) is 2. The van der Waals surface area contributed by atoms with Crippen molar-refractivity contribution in [2.45, 2.75) is 91.6 Å². The summed E-state index contributed by atoms with van der Waals surface area (Å²) in [4.78, 5) is 4.80. The normalized spacial score (nSPS) is 15.7. The highest BCUT2D eigenvalue weighted by Gasteiger charge is 2.20. The Bertz CT molecular complexity index is 575. The zero-order valence-electron chi connectivity index (χ0n) is 17.8. The van der Waals surface area contributed by atoms with Crippen molar-refractivity contribution in [3.8, 4) is 0 Å². The lowest BCUT2D eigenvalue weighted by Gasteiger charge is -2.27. The molecule has 0 aromatic carbocycles. The standard InChI is InChI=1S/C20H38N6.HI/c1-6-7-10-13-20(3,4)15-22-19(23-17-11-8-9-12-17)21-14-18-25-24-16(2)26(18)5;/h17H,6-15H2,1-5H3,(H2,21,22,23);1H. The molecule has 1 saturated carbocycles. The monoisotopic (exact) mass is 490 g/mol. The number of aliphatic imine (C=N–C) groups is 1. The summed E-state index contributed by atoms with van der Waals surface area (Å²) >= 11 is 0. The summed E-state index contributed by atoms with van der Waals surface area (Å²) in [5.41, 5.74) is 0.272. The number of nitrogens with zero attached hydrogens (tertiary/aromatic N) is 4. The van der Waals surface area contributed by atoms with E-state index in [0.717, 1.165) is 24.2 Å². The molecule has 0 atom stereocenters. The second kappa shape index (κ2) is 11.9. The summed E-state index contributed by atoms with van der Waals surface area (Å²) < 4.78 is 2.01. The van der Waals surface area contributed by atoms with Crippen LogP contribution >= 0.6 is 24.0 Å². The summed E-state index contributed by atoms with van der Waals surface area (Å²) in [5.74, 6) is 2.74. The second-order valence-electron chi connectivity index (χ2n) is 8.49. The molecule has 0 unspecified atom stereocenters. The Labute approximate surface area is 182 Å². The summed E-state index contributed by atoms with van der Waals surface area (Å²) in [5, 5.41) is 15.6. The van der Waals surface area contributed by atoms with E-state index in [1.54, 1.807) is 0 Å². The number of unbranched alkanes of at least 4 members (excludes halogenated alkanes) is 2. The van der Waals surface area contributed by atoms with Crippen molar-refractivity contribution in [2.75, 3.05) is 6.54 Å². The zero-order chi connectivity index (χ0) is 19.0. The largest absolute Gasteiger partial charge is 0.356 e. The number of aromatic nitrogens is 3. The van der Waals surface area contributed by atoms with Crippen LogP contribution in [0.4, 0.5) is 0 Å². The number of halogens is 1. The molecule has 0 amide bonds. The van der Waals surface area contributed by atoms with E-state index in [-0.39, 0.29) is 29.4 Å². The van der Waals surface area contributed by atoms with Gasteiger partial charge in [-0.25, -0.2) is 4.99 Å². The summed E-state index contributed by atoms with van der Waals surface area (Å²) in [6, 6.07) is 0.547. The average molecular weight is 490 g/mol. The van der Waals surface area contributed by atoms with Crippen LogP contribution in [-0.2, 0) is 13.6 Å². The van der Waals surface area contributed by atoms with Gasteiger partial charge in [0.2, 0.25) is 0 Å². The quantitative estimate of drug-likeness (QED) is 0.234. The average Bonchev–Trinajstić information content (AvgIpc) is 3.22. The van der Waals surface area contributed by atoms with Gasteiger partial charge in [0, 0.05) is 19.6 Å². The van der Waals surface area contributed by atoms with E-state index in [2.05, 4.69) is 41.6 Å². The van der Waals surface area contributed by atoms with Gasteiger partial charge in [0.05, 0.1) is 0 Å². The van der Waals surface area contributed by atoms with Gasteiger partial charge in [0.1, 0.15) is 12.4 Å². The molecule has 1 aromatic heterocycles. The van der Waals surface area contributed by atoms with Gasteiger partial charge in [0.25, 0.3) is 0 Å². The fraction of sp³-hybridized carbons (Fsp3) is 0.850. The first-order valence-electron chi connectivity index (χ1n) is 10.3. The fourth-order valence-corrected chi connectivity index (χ4v) is 3.42. The minimum atomic E-state index is 0. The molecule has 0 bridgehead atoms. The van der Waals surface area contributed by atoms with Crippen LogP contribution in [0, 0.1) is 12.3 Å². The molecular weight excluding hydrogens is 451 g/mol. The zero-order valence-corrected chi connectivity index (χ0v) is 20.2. The third-order valence-corrected chi connectivity index (χ3v) is 5.45. The lowest BCUT2D eigenvalue weighted by Crippen LogP contribution is -2.45. The van der Waals surface area contributed by atoms with Crippen molar-refractivity contribution in [3.63, 3.8) is 0 Å². The molecule has 0 aliphatic heterocycles. The van der Waals surface area contributed by atoms with E-state index in [0.29, 0.717) is 12.6 Å². The lowest BCUT2D eigenvalue weighted by molar-refractivity contribution is 0.318. The first kappa shape index (κ1) is 24.2. The Hall–Kier alpha value is -0.860. The van der Waals surface area contributed by atoms with Crippen LogP contribution in [0.3, 0.4) is 0 Å². The maximum atomic E-state index is 4.80. The SMILES string of the molecule is CCCCCC(C)(C)CNC(=NCc1nnc(C)n1C)NC1CCCC1.I. The van der Waals surface area contributed by atoms with Crippen LogP contribution in [-0.4, -0.2) is 33.3 Å². The van der Waals surface area contributed by atoms with Crippen molar-refractivity contribution in [1.29, 1.82) is 0 Å². The van der Waals surface area contributed by atoms with Crippen LogP contribution in [0.15, 0.2) is 4.99 Å². The van der Waals surface area contributed by atoms with Crippen molar-refractivity contribution in [1.82, 2.24) is 25.4 Å². The molecule has 7 heteroatoms. The van der Waals surface area contributed by atoms with Gasteiger partial charge in [0.15, 0.2) is 11.8 Å². The minimum absolute atomic E-state index is 0. The molecule has 156 valence electrons. The summed E-state index contributed by atoms with van der Waals surface area (Å²) in [7, 11) is 1.99. The Morgan fingerprint density at radius 3 is 2.52 bits per heavy atom. The summed E-state index contributed by atoms with van der Waals surface area (Å²) in [6.07, 6.45) is 10.2. The molecule has 1 heterocycles. The molecule has 0 spiro atoms. The highest BCUT2D eigenvalue weighted by molar-refractivity contribution is 14.0. The van der Waals surface area contributed by atoms with Gasteiger partial charge in [-0.15, -0.1) is 34.2 Å². The van der Waals surface area contributed by atoms with Gasteiger partial charge in [-0.2, -0.15) is 0 Å². The van der Waals surface area contributed by atoms with Crippen LogP contribution in [0.25, 0.3) is 0 Å². The van der Waals surface area contributed by atoms with Crippen LogP contribution in [0.2, 0.25) is 0 Å². The molecule has 2 rings (SSSR count). The Kier molecular flexibility index (Phi) is 10.6. The predicted octanol–water partition coefficient (Wildman–Crippen LogP) is 4.33. The predicted molar refractivity (Wildman–Crippen MR) is 124 cm³/mol. The van der Waals surface area contributed by atoms with Crippen LogP contribution < -0.4 is 10.6 Å². The van der Waals surface area contributed by atoms with E-state index in [9.17, 15) is 0 Å². The molecule has 1 aromatic rings. The van der Waals surface area contributed by atoms with Gasteiger partial charge in [-0.05, 0) is 31.6 Å². The molecule has 1 aliphatic rings. The Morgan fingerprint density at radius 1 is 1.22 bits per heavy atom. The van der Waals surface area contributed by atoms with E-state index >= 15 is 0 Å². The number of hydrogen-bond acceptors (Lipinski definition) is 3. The summed E-state index contributed by atoms with van der Waals surface area (Å²) in [6.45, 7) is 10.4. The van der Waals surface area contributed by atoms with Crippen LogP contribution in [0.5, 0.6) is 0 Å². The van der Waals surface area contributed by atoms with Gasteiger partial charge in [-0.3, -0.25) is 0 Å². The minimum Gasteiger partial charge on any atom is -0.356 e. The lowest BCUT2D eigenvalue weighted by atomic mass is 9.87. The van der Waals surface area contributed by atoms with Gasteiger partial charge in [-0.1, -0.05) is 52.9 Å². The molecule has 2 N–H and O–H groups in total. The van der Waals surface area contributed by atoms with Crippen LogP contribution in [0.1, 0.15) is 83.8 Å². The maximum absolute atomic E-state index is 4.80. The smallest absolute Gasteiger partial charge is 0.191 e. The number of aryl methyl sites for hydroxylation is 1. The van der Waals surface area contributed by atoms with Gasteiger partial charge >= 0.3 is 0 Å². The molecule has 1 fully saturated rings. The molecule has 27 heavy (non-hydrogen) atoms. The topological polar surface area (TPSA) is 67.1 Å². The maximum Gasteiger partial charge on any atom is 0.191 e. The Balaban J connectivity index is 0.00000364.